The van der Waals surface area contributed by atoms with Gasteiger partial charge in [0.05, 0.1) is 30.3 Å². The fraction of sp³-hybridized carbons (Fsp3) is 0.414. The average molecular weight is 566 g/mol. The summed E-state index contributed by atoms with van der Waals surface area (Å²) < 4.78 is 11.8. The predicted octanol–water partition coefficient (Wildman–Crippen LogP) is 5.50. The van der Waals surface area contributed by atoms with Gasteiger partial charge in [0.15, 0.2) is 5.13 Å². The van der Waals surface area contributed by atoms with Gasteiger partial charge in [0.25, 0.3) is 5.91 Å². The summed E-state index contributed by atoms with van der Waals surface area (Å²) in [6, 6.07) is 3.52. The SMILES string of the molecule is COc1cnc(Cl)cc1-c1cc(C)ncc1C(=O)Nc1nc2c(s1)=NC(CCC1CCC(OC)CC1)=CCC=2. The number of ether oxygens (including phenoxy) is 2. The number of carbonyl (C=O) groups is 1. The highest BCUT2D eigenvalue weighted by Crippen LogP contribution is 2.34. The molecule has 204 valence electrons. The second kappa shape index (κ2) is 12.4. The molecule has 0 spiro atoms. The van der Waals surface area contributed by atoms with Gasteiger partial charge in [-0.3, -0.25) is 15.1 Å². The van der Waals surface area contributed by atoms with Crippen LogP contribution in [0.3, 0.4) is 0 Å². The lowest BCUT2D eigenvalue weighted by Crippen LogP contribution is -2.21. The summed E-state index contributed by atoms with van der Waals surface area (Å²) in [5.41, 5.74) is 3.55. The number of aryl methyl sites for hydroxylation is 1. The summed E-state index contributed by atoms with van der Waals surface area (Å²) in [6.07, 6.45) is 15.3. The van der Waals surface area contributed by atoms with Gasteiger partial charge in [-0.1, -0.05) is 35.1 Å². The molecule has 1 fully saturated rings. The molecule has 0 saturated heterocycles. The molecule has 8 nitrogen and oxygen atoms in total. The topological polar surface area (TPSA) is 98.6 Å². The molecule has 0 unspecified atom stereocenters. The molecule has 1 aliphatic carbocycles. The predicted molar refractivity (Wildman–Crippen MR) is 154 cm³/mol. The van der Waals surface area contributed by atoms with Crippen LogP contribution in [0.5, 0.6) is 5.75 Å². The Bertz CT molecular complexity index is 1510. The van der Waals surface area contributed by atoms with Crippen molar-refractivity contribution in [2.24, 2.45) is 10.9 Å². The number of carbonyl (C=O) groups excluding carboxylic acids is 1. The van der Waals surface area contributed by atoms with Crippen molar-refractivity contribution in [1.29, 1.82) is 0 Å². The van der Waals surface area contributed by atoms with Gasteiger partial charge in [0, 0.05) is 35.8 Å². The van der Waals surface area contributed by atoms with Crippen LogP contribution < -0.4 is 20.1 Å². The molecule has 0 aromatic carbocycles. The molecular weight excluding hydrogens is 534 g/mol. The molecule has 10 heteroatoms. The van der Waals surface area contributed by atoms with Crippen LogP contribution in [0.15, 0.2) is 41.3 Å². The number of methoxy groups -OCH3 is 2. The van der Waals surface area contributed by atoms with Crippen molar-refractivity contribution in [1.82, 2.24) is 15.0 Å². The zero-order chi connectivity index (χ0) is 27.4. The summed E-state index contributed by atoms with van der Waals surface area (Å²) >= 11 is 7.55. The molecule has 39 heavy (non-hydrogen) atoms. The van der Waals surface area contributed by atoms with Crippen molar-refractivity contribution >= 4 is 40.1 Å². The Kier molecular flexibility index (Phi) is 8.69. The van der Waals surface area contributed by atoms with E-state index >= 15 is 0 Å². The number of fused-ring (bicyclic) bond motifs is 1. The third-order valence-corrected chi connectivity index (χ3v) is 8.42. The third-order valence-electron chi connectivity index (χ3n) is 7.33. The number of halogens is 1. The first-order valence-electron chi connectivity index (χ1n) is 13.2. The van der Waals surface area contributed by atoms with Crippen LogP contribution in [0.2, 0.25) is 5.15 Å². The van der Waals surface area contributed by atoms with Crippen molar-refractivity contribution in [3.8, 4) is 16.9 Å². The summed E-state index contributed by atoms with van der Waals surface area (Å²) in [7, 11) is 3.37. The normalized spacial score (nSPS) is 18.7. The summed E-state index contributed by atoms with van der Waals surface area (Å²) in [6.45, 7) is 1.87. The second-order valence-corrected chi connectivity index (χ2v) is 11.3. The second-order valence-electron chi connectivity index (χ2n) is 9.91. The van der Waals surface area contributed by atoms with E-state index in [1.807, 2.05) is 20.1 Å². The Morgan fingerprint density at radius 3 is 2.69 bits per heavy atom. The highest BCUT2D eigenvalue weighted by atomic mass is 35.5. The number of pyridine rings is 2. The van der Waals surface area contributed by atoms with E-state index in [-0.39, 0.29) is 5.91 Å². The minimum absolute atomic E-state index is 0.305. The van der Waals surface area contributed by atoms with E-state index in [9.17, 15) is 4.79 Å². The maximum Gasteiger partial charge on any atom is 0.259 e. The van der Waals surface area contributed by atoms with E-state index < -0.39 is 0 Å². The quantitative estimate of drug-likeness (QED) is 0.362. The van der Waals surface area contributed by atoms with Gasteiger partial charge in [-0.05, 0) is 69.9 Å². The van der Waals surface area contributed by atoms with E-state index in [2.05, 4.69) is 32.4 Å². The van der Waals surface area contributed by atoms with Crippen LogP contribution >= 0.6 is 22.9 Å². The van der Waals surface area contributed by atoms with Gasteiger partial charge in [-0.2, -0.15) is 0 Å². The first-order valence-corrected chi connectivity index (χ1v) is 14.4. The smallest absolute Gasteiger partial charge is 0.259 e. The molecule has 0 radical (unpaired) electrons. The number of allylic oxidation sites excluding steroid dienone is 2. The van der Waals surface area contributed by atoms with Gasteiger partial charge in [0.1, 0.15) is 15.6 Å². The summed E-state index contributed by atoms with van der Waals surface area (Å²) in [5.74, 6) is 0.917. The van der Waals surface area contributed by atoms with E-state index in [1.54, 1.807) is 25.6 Å². The Morgan fingerprint density at radius 2 is 1.92 bits per heavy atom. The van der Waals surface area contributed by atoms with E-state index in [0.29, 0.717) is 38.8 Å². The molecule has 5 rings (SSSR count). The number of anilines is 1. The zero-order valence-corrected chi connectivity index (χ0v) is 23.9. The Hall–Kier alpha value is -3.14. The molecule has 1 saturated carbocycles. The summed E-state index contributed by atoms with van der Waals surface area (Å²) in [4.78, 5) is 31.5. The number of nitrogens with one attached hydrogen (secondary N) is 1. The molecular formula is C29H32ClN5O3S. The fourth-order valence-electron chi connectivity index (χ4n) is 5.16. The van der Waals surface area contributed by atoms with Crippen LogP contribution in [0.4, 0.5) is 5.13 Å². The molecule has 3 aromatic heterocycles. The van der Waals surface area contributed by atoms with Crippen LogP contribution in [0, 0.1) is 12.8 Å². The third kappa shape index (κ3) is 6.54. The number of hydrogen-bond acceptors (Lipinski definition) is 8. The number of rotatable bonds is 8. The van der Waals surface area contributed by atoms with E-state index in [1.165, 1.54) is 24.2 Å². The Balaban J connectivity index is 1.33. The Morgan fingerprint density at radius 1 is 1.10 bits per heavy atom. The maximum absolute atomic E-state index is 13.4. The standard InChI is InChI=1S/C29H32ClN5O3S/c1-17-13-21(22-14-26(30)32-16-25(22)38-3)23(15-31-17)27(36)35-29-34-24-6-4-5-19(33-28(24)39-29)10-7-18-8-11-20(37-2)12-9-18/h5-6,13-16,18,20H,4,7-12H2,1-3H3,(H,34,35,36). The molecule has 1 N–H and O–H groups in total. The molecule has 1 amide bonds. The lowest BCUT2D eigenvalue weighted by atomic mass is 9.84. The number of hydrogen-bond donors (Lipinski definition) is 1. The summed E-state index contributed by atoms with van der Waals surface area (Å²) in [5, 5.41) is 4.55. The fourth-order valence-corrected chi connectivity index (χ4v) is 6.18. The maximum atomic E-state index is 13.4. The highest BCUT2D eigenvalue weighted by molar-refractivity contribution is 7.13. The van der Waals surface area contributed by atoms with E-state index in [4.69, 9.17) is 26.1 Å². The van der Waals surface area contributed by atoms with Crippen LogP contribution in [-0.4, -0.2) is 41.2 Å². The van der Waals surface area contributed by atoms with Gasteiger partial charge < -0.3 is 9.47 Å². The number of thiazole rings is 1. The van der Waals surface area contributed by atoms with Gasteiger partial charge in [-0.25, -0.2) is 15.0 Å². The molecule has 0 atom stereocenters. The van der Waals surface area contributed by atoms with Gasteiger partial charge in [0.2, 0.25) is 0 Å². The zero-order valence-electron chi connectivity index (χ0n) is 22.4. The first kappa shape index (κ1) is 27.4. The van der Waals surface area contributed by atoms with Crippen molar-refractivity contribution in [3.05, 3.63) is 62.7 Å². The molecule has 4 heterocycles. The first-order chi connectivity index (χ1) is 18.9. The lowest BCUT2D eigenvalue weighted by molar-refractivity contribution is 0.0556. The van der Waals surface area contributed by atoms with Crippen LogP contribution in [0.1, 0.15) is 61.0 Å². The molecule has 0 bridgehead atoms. The highest BCUT2D eigenvalue weighted by Gasteiger charge is 2.22. The number of nitrogens with zero attached hydrogens (tertiary/aromatic N) is 4. The lowest BCUT2D eigenvalue weighted by Gasteiger charge is -2.27. The monoisotopic (exact) mass is 565 g/mol. The van der Waals surface area contributed by atoms with Crippen molar-refractivity contribution < 1.29 is 14.3 Å². The number of aromatic nitrogens is 3. The minimum Gasteiger partial charge on any atom is -0.494 e. The van der Waals surface area contributed by atoms with Gasteiger partial charge >= 0.3 is 0 Å². The number of amides is 1. The largest absolute Gasteiger partial charge is 0.494 e. The molecule has 3 aromatic rings. The van der Waals surface area contributed by atoms with Crippen molar-refractivity contribution in [3.63, 3.8) is 0 Å². The minimum atomic E-state index is -0.321. The van der Waals surface area contributed by atoms with Crippen LogP contribution in [-0.2, 0) is 4.74 Å². The van der Waals surface area contributed by atoms with Crippen molar-refractivity contribution in [2.75, 3.05) is 19.5 Å². The van der Waals surface area contributed by atoms with Crippen molar-refractivity contribution in [2.45, 2.75) is 58.0 Å². The molecule has 2 aliphatic rings. The van der Waals surface area contributed by atoms with E-state index in [0.717, 1.165) is 59.4 Å². The van der Waals surface area contributed by atoms with Gasteiger partial charge in [-0.15, -0.1) is 0 Å². The average Bonchev–Trinajstić information content (AvgIpc) is 3.21. The van der Waals surface area contributed by atoms with Crippen LogP contribution in [0.25, 0.3) is 17.2 Å². The molecule has 1 aliphatic heterocycles. The Labute approximate surface area is 236 Å².